The first-order chi connectivity index (χ1) is 14.9. The molecule has 0 fully saturated rings. The highest BCUT2D eigenvalue weighted by Crippen LogP contribution is 2.37. The van der Waals surface area contributed by atoms with Gasteiger partial charge in [-0.1, -0.05) is 30.3 Å². The zero-order valence-corrected chi connectivity index (χ0v) is 16.1. The second-order valence-corrected chi connectivity index (χ2v) is 6.79. The highest BCUT2D eigenvalue weighted by molar-refractivity contribution is 6.07. The third kappa shape index (κ3) is 4.75. The number of pyridine rings is 1. The number of rotatable bonds is 6. The third-order valence-corrected chi connectivity index (χ3v) is 4.58. The quantitative estimate of drug-likeness (QED) is 0.422. The first-order valence-electron chi connectivity index (χ1n) is 9.37. The number of hydrogen-bond donors (Lipinski definition) is 1. The SMILES string of the molecule is O=C(Nc1cccc(COCc2ccco2)c1)c1cnc2ccccc2c1C(F)(F)F. The van der Waals surface area contributed by atoms with Crippen LogP contribution in [0.25, 0.3) is 10.9 Å². The predicted molar refractivity (Wildman–Crippen MR) is 108 cm³/mol. The van der Waals surface area contributed by atoms with Gasteiger partial charge in [-0.25, -0.2) is 0 Å². The minimum absolute atomic E-state index is 0.122. The lowest BCUT2D eigenvalue weighted by Gasteiger charge is -2.15. The lowest BCUT2D eigenvalue weighted by molar-refractivity contribution is -0.136. The van der Waals surface area contributed by atoms with Gasteiger partial charge in [0, 0.05) is 17.3 Å². The number of furan rings is 1. The summed E-state index contributed by atoms with van der Waals surface area (Å²) < 4.78 is 52.0. The Hall–Kier alpha value is -3.65. The van der Waals surface area contributed by atoms with E-state index < -0.39 is 23.2 Å². The molecule has 0 atom stereocenters. The van der Waals surface area contributed by atoms with Crippen LogP contribution in [0.3, 0.4) is 0 Å². The van der Waals surface area contributed by atoms with Crippen LogP contribution in [-0.2, 0) is 24.1 Å². The van der Waals surface area contributed by atoms with E-state index in [0.29, 0.717) is 11.4 Å². The third-order valence-electron chi connectivity index (χ3n) is 4.58. The summed E-state index contributed by atoms with van der Waals surface area (Å²) in [5, 5.41) is 2.40. The molecule has 4 aromatic rings. The van der Waals surface area contributed by atoms with Gasteiger partial charge in [-0.05, 0) is 35.9 Å². The summed E-state index contributed by atoms with van der Waals surface area (Å²) in [6.07, 6.45) is -2.21. The first-order valence-corrected chi connectivity index (χ1v) is 9.37. The number of nitrogens with zero attached hydrogens (tertiary/aromatic N) is 1. The number of ether oxygens (including phenoxy) is 1. The maximum absolute atomic E-state index is 13.8. The van der Waals surface area contributed by atoms with Crippen molar-refractivity contribution < 1.29 is 27.1 Å². The van der Waals surface area contributed by atoms with Gasteiger partial charge in [-0.3, -0.25) is 9.78 Å². The maximum atomic E-state index is 13.8. The summed E-state index contributed by atoms with van der Waals surface area (Å²) in [5.41, 5.74) is -0.274. The van der Waals surface area contributed by atoms with Crippen LogP contribution in [0.5, 0.6) is 0 Å². The Morgan fingerprint density at radius 2 is 1.87 bits per heavy atom. The average molecular weight is 426 g/mol. The fraction of sp³-hybridized carbons (Fsp3) is 0.130. The zero-order valence-electron chi connectivity index (χ0n) is 16.1. The molecule has 0 bridgehead atoms. The van der Waals surface area contributed by atoms with E-state index in [2.05, 4.69) is 10.3 Å². The van der Waals surface area contributed by atoms with Crippen molar-refractivity contribution in [1.82, 2.24) is 4.98 Å². The second-order valence-electron chi connectivity index (χ2n) is 6.79. The number of alkyl halides is 3. The molecule has 8 heteroatoms. The molecular formula is C23H17F3N2O3. The number of amides is 1. The van der Waals surface area contributed by atoms with Crippen molar-refractivity contribution >= 4 is 22.5 Å². The van der Waals surface area contributed by atoms with Gasteiger partial charge in [0.05, 0.1) is 29.5 Å². The highest BCUT2D eigenvalue weighted by Gasteiger charge is 2.37. The van der Waals surface area contributed by atoms with Crippen LogP contribution in [0, 0.1) is 0 Å². The van der Waals surface area contributed by atoms with E-state index in [1.165, 1.54) is 18.2 Å². The van der Waals surface area contributed by atoms with E-state index >= 15 is 0 Å². The molecule has 0 radical (unpaired) electrons. The number of benzene rings is 2. The Morgan fingerprint density at radius 3 is 2.65 bits per heavy atom. The number of para-hydroxylation sites is 1. The monoisotopic (exact) mass is 426 g/mol. The van der Waals surface area contributed by atoms with E-state index in [9.17, 15) is 18.0 Å². The fourth-order valence-electron chi connectivity index (χ4n) is 3.22. The summed E-state index contributed by atoms with van der Waals surface area (Å²) >= 11 is 0. The van der Waals surface area contributed by atoms with Gasteiger partial charge in [-0.15, -0.1) is 0 Å². The van der Waals surface area contributed by atoms with E-state index in [-0.39, 0.29) is 24.1 Å². The smallest absolute Gasteiger partial charge is 0.417 e. The maximum Gasteiger partial charge on any atom is 0.417 e. The Morgan fingerprint density at radius 1 is 1.03 bits per heavy atom. The van der Waals surface area contributed by atoms with Crippen LogP contribution in [-0.4, -0.2) is 10.9 Å². The molecule has 0 saturated carbocycles. The van der Waals surface area contributed by atoms with E-state index in [4.69, 9.17) is 9.15 Å². The summed E-state index contributed by atoms with van der Waals surface area (Å²) in [4.78, 5) is 16.7. The fourth-order valence-corrected chi connectivity index (χ4v) is 3.22. The highest BCUT2D eigenvalue weighted by atomic mass is 19.4. The van der Waals surface area contributed by atoms with Gasteiger partial charge in [0.15, 0.2) is 0 Å². The predicted octanol–water partition coefficient (Wildman–Crippen LogP) is 5.82. The van der Waals surface area contributed by atoms with Crippen LogP contribution in [0.2, 0.25) is 0 Å². The number of halogens is 3. The van der Waals surface area contributed by atoms with Gasteiger partial charge in [0.25, 0.3) is 5.91 Å². The minimum Gasteiger partial charge on any atom is -0.467 e. The van der Waals surface area contributed by atoms with Gasteiger partial charge in [0.1, 0.15) is 12.4 Å². The molecule has 0 unspecified atom stereocenters. The van der Waals surface area contributed by atoms with E-state index in [1.54, 1.807) is 48.7 Å². The number of fused-ring (bicyclic) bond motifs is 1. The largest absolute Gasteiger partial charge is 0.467 e. The molecule has 1 N–H and O–H groups in total. The van der Waals surface area contributed by atoms with Crippen molar-refractivity contribution in [1.29, 1.82) is 0 Å². The molecule has 1 amide bonds. The molecule has 0 aliphatic carbocycles. The molecule has 4 rings (SSSR count). The minimum atomic E-state index is -4.71. The summed E-state index contributed by atoms with van der Waals surface area (Å²) in [6, 6.07) is 16.1. The summed E-state index contributed by atoms with van der Waals surface area (Å²) in [7, 11) is 0. The van der Waals surface area contributed by atoms with Gasteiger partial charge in [0.2, 0.25) is 0 Å². The Bertz CT molecular complexity index is 1200. The number of anilines is 1. The molecule has 158 valence electrons. The number of carbonyl (C=O) groups is 1. The number of aromatic nitrogens is 1. The molecule has 5 nitrogen and oxygen atoms in total. The van der Waals surface area contributed by atoms with E-state index in [1.807, 2.05) is 0 Å². The molecule has 2 aromatic carbocycles. The Kier molecular flexibility index (Phi) is 5.73. The molecule has 31 heavy (non-hydrogen) atoms. The van der Waals surface area contributed by atoms with Crippen LogP contribution in [0.4, 0.5) is 18.9 Å². The lowest BCUT2D eigenvalue weighted by Crippen LogP contribution is -2.20. The van der Waals surface area contributed by atoms with E-state index in [0.717, 1.165) is 11.8 Å². The lowest BCUT2D eigenvalue weighted by atomic mass is 10.0. The summed E-state index contributed by atoms with van der Waals surface area (Å²) in [6.45, 7) is 0.525. The normalized spacial score (nSPS) is 11.6. The molecular weight excluding hydrogens is 409 g/mol. The topological polar surface area (TPSA) is 64.4 Å². The van der Waals surface area contributed by atoms with Crippen molar-refractivity contribution in [2.45, 2.75) is 19.4 Å². The molecule has 0 aliphatic heterocycles. The average Bonchev–Trinajstić information content (AvgIpc) is 3.26. The van der Waals surface area contributed by atoms with Gasteiger partial charge < -0.3 is 14.5 Å². The molecule has 2 heterocycles. The van der Waals surface area contributed by atoms with Gasteiger partial charge in [-0.2, -0.15) is 13.2 Å². The van der Waals surface area contributed by atoms with Crippen LogP contribution < -0.4 is 5.32 Å². The second kappa shape index (κ2) is 8.61. The zero-order chi connectivity index (χ0) is 21.8. The number of hydrogen-bond acceptors (Lipinski definition) is 4. The molecule has 0 spiro atoms. The number of carbonyl (C=O) groups excluding carboxylic acids is 1. The van der Waals surface area contributed by atoms with Gasteiger partial charge >= 0.3 is 6.18 Å². The van der Waals surface area contributed by atoms with Crippen molar-refractivity contribution in [3.8, 4) is 0 Å². The van der Waals surface area contributed by atoms with Crippen molar-refractivity contribution in [2.24, 2.45) is 0 Å². The standard InChI is InChI=1S/C23H17F3N2O3/c24-23(25,26)21-18-8-1-2-9-20(18)27-12-19(21)22(29)28-16-6-3-5-15(11-16)13-30-14-17-7-4-10-31-17/h1-12H,13-14H2,(H,28,29). The van der Waals surface area contributed by atoms with Crippen LogP contribution in [0.1, 0.15) is 27.2 Å². The van der Waals surface area contributed by atoms with Crippen molar-refractivity contribution in [3.63, 3.8) is 0 Å². The molecule has 0 saturated heterocycles. The Labute approximate surface area is 175 Å². The van der Waals surface area contributed by atoms with Crippen LogP contribution >= 0.6 is 0 Å². The Balaban J connectivity index is 1.54. The molecule has 0 aliphatic rings. The van der Waals surface area contributed by atoms with Crippen LogP contribution in [0.15, 0.2) is 77.5 Å². The van der Waals surface area contributed by atoms with Crippen molar-refractivity contribution in [2.75, 3.05) is 5.32 Å². The summed E-state index contributed by atoms with van der Waals surface area (Å²) in [5.74, 6) is -0.216. The van der Waals surface area contributed by atoms with Crippen molar-refractivity contribution in [3.05, 3.63) is 95.6 Å². The number of nitrogens with one attached hydrogen (secondary N) is 1. The first kappa shape index (κ1) is 20.6. The molecule has 2 aromatic heterocycles.